The van der Waals surface area contributed by atoms with E-state index in [-0.39, 0.29) is 0 Å². The molecule has 60 valence electrons. The minimum atomic E-state index is 1.04. The number of aliphatic imine (C=N–C) groups is 1. The van der Waals surface area contributed by atoms with E-state index >= 15 is 0 Å². The standard InChI is InChI=1S/C9H14N2/c1-3-8(10-5-1)7-9-4-2-6-11-9/h7,10H,1-6H2. The molecule has 1 saturated heterocycles. The molecule has 0 aromatic rings. The van der Waals surface area contributed by atoms with Crippen LogP contribution in [0.5, 0.6) is 0 Å². The van der Waals surface area contributed by atoms with Crippen LogP contribution in [0.3, 0.4) is 0 Å². The highest BCUT2D eigenvalue weighted by molar-refractivity contribution is 5.96. The van der Waals surface area contributed by atoms with Crippen molar-refractivity contribution in [1.29, 1.82) is 0 Å². The van der Waals surface area contributed by atoms with E-state index in [1.165, 1.54) is 37.1 Å². The van der Waals surface area contributed by atoms with Gasteiger partial charge in [-0.2, -0.15) is 0 Å². The fraction of sp³-hybridized carbons (Fsp3) is 0.667. The molecule has 2 aliphatic rings. The highest BCUT2D eigenvalue weighted by Crippen LogP contribution is 2.12. The summed E-state index contributed by atoms with van der Waals surface area (Å²) in [6.45, 7) is 2.19. The molecule has 0 spiro atoms. The van der Waals surface area contributed by atoms with E-state index in [9.17, 15) is 0 Å². The third kappa shape index (κ3) is 1.62. The van der Waals surface area contributed by atoms with Crippen LogP contribution in [-0.2, 0) is 0 Å². The predicted molar refractivity (Wildman–Crippen MR) is 46.9 cm³/mol. The van der Waals surface area contributed by atoms with Crippen LogP contribution >= 0.6 is 0 Å². The molecule has 2 heteroatoms. The van der Waals surface area contributed by atoms with Crippen LogP contribution in [0.1, 0.15) is 25.7 Å². The summed E-state index contributed by atoms with van der Waals surface area (Å²) in [5.74, 6) is 0. The molecule has 0 saturated carbocycles. The molecule has 0 aliphatic carbocycles. The average Bonchev–Trinajstić information content (AvgIpc) is 2.60. The van der Waals surface area contributed by atoms with Crippen molar-refractivity contribution in [2.75, 3.05) is 13.1 Å². The molecular weight excluding hydrogens is 136 g/mol. The van der Waals surface area contributed by atoms with E-state index in [4.69, 9.17) is 0 Å². The van der Waals surface area contributed by atoms with Crippen LogP contribution in [0.4, 0.5) is 0 Å². The summed E-state index contributed by atoms with van der Waals surface area (Å²) < 4.78 is 0. The first kappa shape index (κ1) is 6.89. The predicted octanol–water partition coefficient (Wildman–Crippen LogP) is 1.49. The number of nitrogens with zero attached hydrogens (tertiary/aromatic N) is 1. The van der Waals surface area contributed by atoms with E-state index in [1.54, 1.807) is 0 Å². The van der Waals surface area contributed by atoms with Gasteiger partial charge in [0.2, 0.25) is 0 Å². The summed E-state index contributed by atoms with van der Waals surface area (Å²) in [4.78, 5) is 4.40. The van der Waals surface area contributed by atoms with E-state index < -0.39 is 0 Å². The van der Waals surface area contributed by atoms with Crippen LogP contribution in [0.25, 0.3) is 0 Å². The molecule has 2 nitrogen and oxygen atoms in total. The Bertz CT molecular complexity index is 196. The number of rotatable bonds is 1. The van der Waals surface area contributed by atoms with Crippen LogP contribution < -0.4 is 5.32 Å². The van der Waals surface area contributed by atoms with E-state index in [0.717, 1.165) is 13.1 Å². The summed E-state index contributed by atoms with van der Waals surface area (Å²) in [5, 5.41) is 3.36. The molecule has 0 bridgehead atoms. The summed E-state index contributed by atoms with van der Waals surface area (Å²) in [5.41, 5.74) is 2.69. The number of nitrogens with one attached hydrogen (secondary N) is 1. The van der Waals surface area contributed by atoms with E-state index in [0.29, 0.717) is 0 Å². The van der Waals surface area contributed by atoms with Gasteiger partial charge >= 0.3 is 0 Å². The molecule has 0 aromatic carbocycles. The number of hydrogen-bond acceptors (Lipinski definition) is 2. The normalized spacial score (nSPS) is 27.3. The van der Waals surface area contributed by atoms with Gasteiger partial charge in [-0.15, -0.1) is 0 Å². The van der Waals surface area contributed by atoms with Crippen molar-refractivity contribution in [3.63, 3.8) is 0 Å². The minimum Gasteiger partial charge on any atom is -0.388 e. The van der Waals surface area contributed by atoms with Crippen molar-refractivity contribution in [2.45, 2.75) is 25.7 Å². The molecule has 1 fully saturated rings. The zero-order chi connectivity index (χ0) is 7.52. The lowest BCUT2D eigenvalue weighted by atomic mass is 10.2. The highest BCUT2D eigenvalue weighted by atomic mass is 14.9. The van der Waals surface area contributed by atoms with Crippen LogP contribution in [0.15, 0.2) is 16.8 Å². The maximum atomic E-state index is 4.40. The van der Waals surface area contributed by atoms with E-state index in [1.807, 2.05) is 0 Å². The van der Waals surface area contributed by atoms with Crippen LogP contribution in [0, 0.1) is 0 Å². The smallest absolute Gasteiger partial charge is 0.0396 e. The van der Waals surface area contributed by atoms with Gasteiger partial charge in [-0.3, -0.25) is 4.99 Å². The fourth-order valence-corrected chi connectivity index (χ4v) is 1.62. The topological polar surface area (TPSA) is 24.4 Å². The Morgan fingerprint density at radius 2 is 2.27 bits per heavy atom. The first-order valence-electron chi connectivity index (χ1n) is 4.43. The second kappa shape index (κ2) is 3.07. The first-order chi connectivity index (χ1) is 5.45. The molecule has 0 aromatic heterocycles. The molecule has 2 heterocycles. The Balaban J connectivity index is 2.00. The molecule has 0 radical (unpaired) electrons. The SMILES string of the molecule is C(=C1CCCN1)C1=NCCC1. The molecule has 0 amide bonds. The van der Waals surface area contributed by atoms with Gasteiger partial charge in [0.25, 0.3) is 0 Å². The van der Waals surface area contributed by atoms with Crippen molar-refractivity contribution >= 4 is 5.71 Å². The number of allylic oxidation sites excluding steroid dienone is 2. The van der Waals surface area contributed by atoms with Gasteiger partial charge in [-0.1, -0.05) is 0 Å². The minimum absolute atomic E-state index is 1.04. The largest absolute Gasteiger partial charge is 0.388 e. The Morgan fingerprint density at radius 1 is 1.27 bits per heavy atom. The molecule has 0 unspecified atom stereocenters. The Labute approximate surface area is 67.4 Å². The second-order valence-electron chi connectivity index (χ2n) is 3.18. The highest BCUT2D eigenvalue weighted by Gasteiger charge is 2.08. The molecular formula is C9H14N2. The zero-order valence-electron chi connectivity index (χ0n) is 6.77. The van der Waals surface area contributed by atoms with Gasteiger partial charge in [-0.25, -0.2) is 0 Å². The van der Waals surface area contributed by atoms with Gasteiger partial charge in [-0.05, 0) is 31.8 Å². The Morgan fingerprint density at radius 3 is 2.91 bits per heavy atom. The molecule has 2 aliphatic heterocycles. The van der Waals surface area contributed by atoms with E-state index in [2.05, 4.69) is 16.4 Å². The van der Waals surface area contributed by atoms with Crippen molar-refractivity contribution in [1.82, 2.24) is 5.32 Å². The summed E-state index contributed by atoms with van der Waals surface area (Å²) in [6.07, 6.45) is 7.18. The first-order valence-corrected chi connectivity index (χ1v) is 4.43. The molecule has 0 atom stereocenters. The quantitative estimate of drug-likeness (QED) is 0.601. The maximum absolute atomic E-state index is 4.40. The maximum Gasteiger partial charge on any atom is 0.0396 e. The lowest BCUT2D eigenvalue weighted by molar-refractivity contribution is 0.903. The Kier molecular flexibility index (Phi) is 1.93. The molecule has 1 N–H and O–H groups in total. The van der Waals surface area contributed by atoms with Gasteiger partial charge in [0.15, 0.2) is 0 Å². The Hall–Kier alpha value is -0.790. The lowest BCUT2D eigenvalue weighted by Gasteiger charge is -1.96. The van der Waals surface area contributed by atoms with Gasteiger partial charge in [0.1, 0.15) is 0 Å². The molecule has 2 rings (SSSR count). The second-order valence-corrected chi connectivity index (χ2v) is 3.18. The fourth-order valence-electron chi connectivity index (χ4n) is 1.62. The van der Waals surface area contributed by atoms with Gasteiger partial charge in [0, 0.05) is 24.5 Å². The number of hydrogen-bond donors (Lipinski definition) is 1. The van der Waals surface area contributed by atoms with Crippen molar-refractivity contribution in [2.24, 2.45) is 4.99 Å². The van der Waals surface area contributed by atoms with Crippen molar-refractivity contribution < 1.29 is 0 Å². The van der Waals surface area contributed by atoms with Crippen LogP contribution in [0.2, 0.25) is 0 Å². The molecule has 11 heavy (non-hydrogen) atoms. The summed E-state index contributed by atoms with van der Waals surface area (Å²) in [6, 6.07) is 0. The summed E-state index contributed by atoms with van der Waals surface area (Å²) in [7, 11) is 0. The monoisotopic (exact) mass is 150 g/mol. The zero-order valence-corrected chi connectivity index (χ0v) is 6.77. The third-order valence-corrected chi connectivity index (χ3v) is 2.22. The average molecular weight is 150 g/mol. The third-order valence-electron chi connectivity index (χ3n) is 2.22. The van der Waals surface area contributed by atoms with Crippen molar-refractivity contribution in [3.05, 3.63) is 11.8 Å². The lowest BCUT2D eigenvalue weighted by Crippen LogP contribution is -2.05. The van der Waals surface area contributed by atoms with Gasteiger partial charge < -0.3 is 5.32 Å². The summed E-state index contributed by atoms with van der Waals surface area (Å²) >= 11 is 0. The van der Waals surface area contributed by atoms with Gasteiger partial charge in [0.05, 0.1) is 0 Å². The van der Waals surface area contributed by atoms with Crippen molar-refractivity contribution in [3.8, 4) is 0 Å². The van der Waals surface area contributed by atoms with Crippen LogP contribution in [-0.4, -0.2) is 18.8 Å².